The Hall–Kier alpha value is -2.41. The number of carboxylic acid groups (broad SMARTS) is 1. The fourth-order valence-corrected chi connectivity index (χ4v) is 2.28. The second kappa shape index (κ2) is 5.70. The Bertz CT molecular complexity index is 666. The molecule has 1 amide bonds. The molecule has 0 radical (unpaired) electrons. The van der Waals surface area contributed by atoms with E-state index in [1.165, 1.54) is 11.4 Å². The molecular weight excluding hydrogens is 280 g/mol. The lowest BCUT2D eigenvalue weighted by Crippen LogP contribution is -2.23. The van der Waals surface area contributed by atoms with Gasteiger partial charge in [0.05, 0.1) is 12.1 Å². The Morgan fingerprint density at radius 2 is 2.15 bits per heavy atom. The fraction of sp³-hybridized carbons (Fsp3) is 0.154. The molecule has 0 aliphatic carbocycles. The van der Waals surface area contributed by atoms with Crippen LogP contribution in [0.25, 0.3) is 0 Å². The van der Waals surface area contributed by atoms with Gasteiger partial charge in [-0.25, -0.2) is 9.78 Å². The number of aromatic hydroxyl groups is 1. The van der Waals surface area contributed by atoms with Gasteiger partial charge in [-0.2, -0.15) is 0 Å². The average Bonchev–Trinajstić information content (AvgIpc) is 2.88. The quantitative estimate of drug-likeness (QED) is 0.797. The third-order valence-electron chi connectivity index (χ3n) is 2.57. The third-order valence-corrected chi connectivity index (χ3v) is 3.42. The zero-order chi connectivity index (χ0) is 14.7. The number of nitrogens with one attached hydrogen (secondary N) is 1. The second-order valence-electron chi connectivity index (χ2n) is 4.13. The number of aromatic nitrogens is 1. The highest BCUT2D eigenvalue weighted by Gasteiger charge is 2.13. The van der Waals surface area contributed by atoms with E-state index in [1.54, 1.807) is 12.1 Å². The number of amides is 1. The van der Waals surface area contributed by atoms with Crippen molar-refractivity contribution in [1.82, 2.24) is 10.3 Å². The van der Waals surface area contributed by atoms with Gasteiger partial charge >= 0.3 is 5.97 Å². The van der Waals surface area contributed by atoms with Crippen molar-refractivity contribution < 1.29 is 19.8 Å². The van der Waals surface area contributed by atoms with Crippen molar-refractivity contribution in [3.63, 3.8) is 0 Å². The molecule has 0 bridgehead atoms. The van der Waals surface area contributed by atoms with Gasteiger partial charge in [0.15, 0.2) is 5.69 Å². The molecule has 104 valence electrons. The van der Waals surface area contributed by atoms with E-state index in [1.807, 2.05) is 6.92 Å². The second-order valence-corrected chi connectivity index (χ2v) is 5.08. The summed E-state index contributed by atoms with van der Waals surface area (Å²) in [6.07, 6.45) is 0. The maximum absolute atomic E-state index is 11.9. The van der Waals surface area contributed by atoms with Crippen molar-refractivity contribution in [1.29, 1.82) is 0 Å². The lowest BCUT2D eigenvalue weighted by molar-refractivity contribution is 0.0691. The highest BCUT2D eigenvalue weighted by Crippen LogP contribution is 2.18. The van der Waals surface area contributed by atoms with Crippen LogP contribution in [0.2, 0.25) is 0 Å². The number of carbonyl (C=O) groups excluding carboxylic acids is 1. The molecule has 7 heteroatoms. The van der Waals surface area contributed by atoms with Gasteiger partial charge in [0.25, 0.3) is 5.91 Å². The smallest absolute Gasteiger partial charge is 0.355 e. The zero-order valence-electron chi connectivity index (χ0n) is 10.6. The van der Waals surface area contributed by atoms with Crippen LogP contribution in [0.3, 0.4) is 0 Å². The van der Waals surface area contributed by atoms with Crippen LogP contribution in [-0.2, 0) is 6.54 Å². The average molecular weight is 292 g/mol. The maximum atomic E-state index is 11.9. The van der Waals surface area contributed by atoms with E-state index in [0.29, 0.717) is 5.01 Å². The van der Waals surface area contributed by atoms with Gasteiger partial charge in [-0.1, -0.05) is 11.6 Å². The summed E-state index contributed by atoms with van der Waals surface area (Å²) < 4.78 is 0. The number of thiazole rings is 1. The topological polar surface area (TPSA) is 99.5 Å². The number of rotatable bonds is 4. The number of hydrogen-bond donors (Lipinski definition) is 3. The van der Waals surface area contributed by atoms with Crippen LogP contribution in [-0.4, -0.2) is 27.1 Å². The molecule has 2 rings (SSSR count). The van der Waals surface area contributed by atoms with Gasteiger partial charge in [-0.05, 0) is 19.1 Å². The molecule has 0 aliphatic heterocycles. The number of phenols is 1. The molecule has 1 heterocycles. The summed E-state index contributed by atoms with van der Waals surface area (Å²) >= 11 is 1.15. The van der Waals surface area contributed by atoms with Crippen LogP contribution >= 0.6 is 11.3 Å². The fourth-order valence-electron chi connectivity index (χ4n) is 1.57. The van der Waals surface area contributed by atoms with Crippen LogP contribution in [0.1, 0.15) is 31.4 Å². The van der Waals surface area contributed by atoms with Crippen molar-refractivity contribution in [3.8, 4) is 5.75 Å². The number of hydrogen-bond acceptors (Lipinski definition) is 5. The monoisotopic (exact) mass is 292 g/mol. The van der Waals surface area contributed by atoms with Gasteiger partial charge in [-0.3, -0.25) is 4.79 Å². The number of aromatic carboxylic acids is 1. The molecule has 1 aromatic carbocycles. The Labute approximate surface area is 118 Å². The molecular formula is C13H12N2O4S. The van der Waals surface area contributed by atoms with Gasteiger partial charge in [-0.15, -0.1) is 11.3 Å². The van der Waals surface area contributed by atoms with Crippen molar-refractivity contribution >= 4 is 23.2 Å². The van der Waals surface area contributed by atoms with E-state index in [2.05, 4.69) is 10.3 Å². The molecule has 1 aromatic heterocycles. The summed E-state index contributed by atoms with van der Waals surface area (Å²) in [5.74, 6) is -1.63. The molecule has 6 nitrogen and oxygen atoms in total. The number of carbonyl (C=O) groups is 2. The highest BCUT2D eigenvalue weighted by molar-refractivity contribution is 7.09. The normalized spacial score (nSPS) is 10.2. The van der Waals surface area contributed by atoms with E-state index in [9.17, 15) is 14.7 Å². The molecule has 0 aliphatic rings. The van der Waals surface area contributed by atoms with Gasteiger partial charge in [0, 0.05) is 5.38 Å². The summed E-state index contributed by atoms with van der Waals surface area (Å²) in [7, 11) is 0. The van der Waals surface area contributed by atoms with Crippen molar-refractivity contribution in [3.05, 3.63) is 45.4 Å². The Morgan fingerprint density at radius 1 is 1.40 bits per heavy atom. The number of aryl methyl sites for hydroxylation is 1. The summed E-state index contributed by atoms with van der Waals surface area (Å²) in [6.45, 7) is 1.93. The first-order valence-corrected chi connectivity index (χ1v) is 6.61. The Morgan fingerprint density at radius 3 is 2.80 bits per heavy atom. The van der Waals surface area contributed by atoms with Crippen molar-refractivity contribution in [2.75, 3.05) is 0 Å². The Kier molecular flexibility index (Phi) is 3.99. The van der Waals surface area contributed by atoms with Crippen LogP contribution in [0.15, 0.2) is 23.6 Å². The molecule has 0 unspecified atom stereocenters. The largest absolute Gasteiger partial charge is 0.507 e. The number of benzene rings is 1. The molecule has 0 saturated carbocycles. The first-order chi connectivity index (χ1) is 9.47. The third kappa shape index (κ3) is 3.12. The minimum absolute atomic E-state index is 0.0438. The van der Waals surface area contributed by atoms with Crippen LogP contribution in [0, 0.1) is 6.92 Å². The summed E-state index contributed by atoms with van der Waals surface area (Å²) in [5, 5.41) is 22.9. The molecule has 0 spiro atoms. The summed E-state index contributed by atoms with van der Waals surface area (Å²) in [4.78, 5) is 26.5. The van der Waals surface area contributed by atoms with Gasteiger partial charge in [0.1, 0.15) is 10.8 Å². The standard InChI is InChI=1S/C13H12N2O4S/c1-7-2-3-10(16)8(4-7)12(17)14-5-11-15-9(6-20-11)13(18)19/h2-4,6,16H,5H2,1H3,(H,14,17)(H,18,19). The van der Waals surface area contributed by atoms with E-state index in [0.717, 1.165) is 16.9 Å². The van der Waals surface area contributed by atoms with E-state index >= 15 is 0 Å². The minimum Gasteiger partial charge on any atom is -0.507 e. The van der Waals surface area contributed by atoms with Gasteiger partial charge < -0.3 is 15.5 Å². The first kappa shape index (κ1) is 14.0. The van der Waals surface area contributed by atoms with Crippen molar-refractivity contribution in [2.45, 2.75) is 13.5 Å². The van der Waals surface area contributed by atoms with E-state index < -0.39 is 11.9 Å². The van der Waals surface area contributed by atoms with E-state index in [-0.39, 0.29) is 23.6 Å². The van der Waals surface area contributed by atoms with Crippen LogP contribution in [0.4, 0.5) is 0 Å². The molecule has 0 saturated heterocycles. The predicted octanol–water partition coefficient (Wildman–Crippen LogP) is 1.79. The number of carboxylic acids is 1. The molecule has 0 atom stereocenters. The lowest BCUT2D eigenvalue weighted by Gasteiger charge is -2.06. The summed E-state index contributed by atoms with van der Waals surface area (Å²) in [6, 6.07) is 4.73. The Balaban J connectivity index is 2.04. The zero-order valence-corrected chi connectivity index (χ0v) is 11.4. The molecule has 20 heavy (non-hydrogen) atoms. The maximum Gasteiger partial charge on any atom is 0.355 e. The summed E-state index contributed by atoms with van der Waals surface area (Å²) in [5.41, 5.74) is 0.994. The SMILES string of the molecule is Cc1ccc(O)c(C(=O)NCc2nc(C(=O)O)cs2)c1. The number of nitrogens with zero attached hydrogens (tertiary/aromatic N) is 1. The van der Waals surface area contributed by atoms with Crippen LogP contribution < -0.4 is 5.32 Å². The van der Waals surface area contributed by atoms with Crippen molar-refractivity contribution in [2.24, 2.45) is 0 Å². The van der Waals surface area contributed by atoms with Crippen LogP contribution in [0.5, 0.6) is 5.75 Å². The molecule has 0 fully saturated rings. The highest BCUT2D eigenvalue weighted by atomic mass is 32.1. The molecule has 3 N–H and O–H groups in total. The number of phenolic OH excluding ortho intramolecular Hbond substituents is 1. The minimum atomic E-state index is -1.10. The van der Waals surface area contributed by atoms with E-state index in [4.69, 9.17) is 5.11 Å². The first-order valence-electron chi connectivity index (χ1n) is 5.73. The predicted molar refractivity (Wildman–Crippen MR) is 73.1 cm³/mol. The van der Waals surface area contributed by atoms with Gasteiger partial charge in [0.2, 0.25) is 0 Å². The lowest BCUT2D eigenvalue weighted by atomic mass is 10.1. The molecule has 2 aromatic rings.